The number of ether oxygens (including phenoxy) is 1. The monoisotopic (exact) mass is 296 g/mol. The van der Waals surface area contributed by atoms with Crippen LogP contribution in [0.25, 0.3) is 12.2 Å². The molecule has 0 atom stereocenters. The van der Waals surface area contributed by atoms with E-state index in [4.69, 9.17) is 4.74 Å². The van der Waals surface area contributed by atoms with Crippen molar-refractivity contribution in [2.75, 3.05) is 7.11 Å². The Kier molecular flexibility index (Phi) is 4.11. The summed E-state index contributed by atoms with van der Waals surface area (Å²) in [5.74, 6) is 0.667. The minimum absolute atomic E-state index is 0.0677. The van der Waals surface area contributed by atoms with E-state index >= 15 is 0 Å². The van der Waals surface area contributed by atoms with Crippen LogP contribution in [0.15, 0.2) is 35.1 Å². The van der Waals surface area contributed by atoms with Crippen LogP contribution < -0.4 is 10.4 Å². The summed E-state index contributed by atoms with van der Waals surface area (Å²) in [6, 6.07) is 7.67. The van der Waals surface area contributed by atoms with Crippen molar-refractivity contribution in [3.05, 3.63) is 57.8 Å². The van der Waals surface area contributed by atoms with Gasteiger partial charge >= 0.3 is 11.9 Å². The summed E-state index contributed by atoms with van der Waals surface area (Å²) in [5, 5.41) is 0. The van der Waals surface area contributed by atoms with Crippen molar-refractivity contribution in [3.63, 3.8) is 0 Å². The third-order valence-corrected chi connectivity index (χ3v) is 2.63. The summed E-state index contributed by atoms with van der Waals surface area (Å²) in [4.78, 5) is 16.3. The lowest BCUT2D eigenvalue weighted by Crippen LogP contribution is -2.19. The van der Waals surface area contributed by atoms with Crippen molar-refractivity contribution in [1.29, 1.82) is 0 Å². The van der Waals surface area contributed by atoms with Crippen LogP contribution in [0, 0.1) is 0 Å². The number of halogens is 3. The van der Waals surface area contributed by atoms with Crippen LogP contribution in [0.3, 0.4) is 0 Å². The highest BCUT2D eigenvalue weighted by Crippen LogP contribution is 2.27. The summed E-state index contributed by atoms with van der Waals surface area (Å²) < 4.78 is 42.7. The number of benzene rings is 1. The van der Waals surface area contributed by atoms with E-state index in [1.165, 1.54) is 13.2 Å². The predicted molar refractivity (Wildman–Crippen MR) is 71.8 cm³/mol. The van der Waals surface area contributed by atoms with Gasteiger partial charge in [0.1, 0.15) is 11.4 Å². The van der Waals surface area contributed by atoms with E-state index < -0.39 is 17.6 Å². The zero-order valence-corrected chi connectivity index (χ0v) is 10.9. The second-order valence-electron chi connectivity index (χ2n) is 4.13. The number of aromatic amines is 1. The molecule has 110 valence electrons. The Morgan fingerprint density at radius 1 is 1.19 bits per heavy atom. The Morgan fingerprint density at radius 3 is 2.43 bits per heavy atom. The molecule has 2 aromatic rings. The molecule has 0 amide bonds. The Bertz CT molecular complexity index is 703. The summed E-state index contributed by atoms with van der Waals surface area (Å²) >= 11 is 0. The highest BCUT2D eigenvalue weighted by atomic mass is 19.4. The number of methoxy groups -OCH3 is 1. The number of nitrogens with one attached hydrogen (secondary N) is 1. The average Bonchev–Trinajstić information content (AvgIpc) is 2.44. The minimum Gasteiger partial charge on any atom is -0.497 e. The number of nitrogens with zero attached hydrogens (tertiary/aromatic N) is 1. The van der Waals surface area contributed by atoms with Gasteiger partial charge in [0.15, 0.2) is 0 Å². The van der Waals surface area contributed by atoms with E-state index in [1.54, 1.807) is 35.3 Å². The molecule has 0 aliphatic carbocycles. The highest BCUT2D eigenvalue weighted by Gasteiger charge is 2.32. The lowest BCUT2D eigenvalue weighted by molar-refractivity contribution is -0.141. The maximum atomic E-state index is 12.6. The average molecular weight is 296 g/mol. The molecule has 0 aliphatic heterocycles. The van der Waals surface area contributed by atoms with Gasteiger partial charge in [-0.2, -0.15) is 18.2 Å². The van der Waals surface area contributed by atoms with E-state index in [0.29, 0.717) is 5.75 Å². The Hall–Kier alpha value is -2.57. The normalized spacial score (nSPS) is 11.8. The van der Waals surface area contributed by atoms with Crippen LogP contribution in [0.5, 0.6) is 5.75 Å². The minimum atomic E-state index is -4.62. The smallest absolute Gasteiger partial charge is 0.431 e. The maximum absolute atomic E-state index is 12.6. The van der Waals surface area contributed by atoms with E-state index in [2.05, 4.69) is 4.98 Å². The molecule has 2 rings (SSSR count). The standard InChI is InChI=1S/C14H11F3N2O2/c1-21-11-6-3-9(4-7-11)2-5-10-8-12(14(15,16)17)19-13(20)18-10/h2-8H,1H3,(H,18,19,20). The molecule has 0 bridgehead atoms. The first kappa shape index (κ1) is 14.8. The molecule has 0 saturated heterocycles. The lowest BCUT2D eigenvalue weighted by atomic mass is 10.2. The summed E-state index contributed by atoms with van der Waals surface area (Å²) in [6.07, 6.45) is -1.72. The fourth-order valence-corrected chi connectivity index (χ4v) is 1.61. The van der Waals surface area contributed by atoms with E-state index in [1.807, 2.05) is 0 Å². The maximum Gasteiger partial charge on any atom is 0.431 e. The quantitative estimate of drug-likeness (QED) is 0.947. The molecule has 1 aromatic carbocycles. The van der Waals surface area contributed by atoms with Gasteiger partial charge in [0.25, 0.3) is 0 Å². The van der Waals surface area contributed by atoms with Gasteiger partial charge in [-0.05, 0) is 29.8 Å². The predicted octanol–water partition coefficient (Wildman–Crippen LogP) is 2.97. The molecule has 1 N–H and O–H groups in total. The van der Waals surface area contributed by atoms with Gasteiger partial charge in [0, 0.05) is 0 Å². The van der Waals surface area contributed by atoms with Crippen LogP contribution in [0.2, 0.25) is 0 Å². The van der Waals surface area contributed by atoms with Gasteiger partial charge < -0.3 is 9.72 Å². The van der Waals surface area contributed by atoms with Crippen molar-refractivity contribution < 1.29 is 17.9 Å². The zero-order chi connectivity index (χ0) is 15.5. The van der Waals surface area contributed by atoms with Crippen LogP contribution in [-0.2, 0) is 6.18 Å². The second kappa shape index (κ2) is 5.82. The fraction of sp³-hybridized carbons (Fsp3) is 0.143. The van der Waals surface area contributed by atoms with Crippen molar-refractivity contribution in [3.8, 4) is 5.75 Å². The first-order chi connectivity index (χ1) is 9.88. The fourth-order valence-electron chi connectivity index (χ4n) is 1.61. The summed E-state index contributed by atoms with van der Waals surface area (Å²) in [7, 11) is 1.53. The van der Waals surface area contributed by atoms with Crippen LogP contribution in [-0.4, -0.2) is 17.1 Å². The lowest BCUT2D eigenvalue weighted by Gasteiger charge is -2.05. The van der Waals surface area contributed by atoms with Gasteiger partial charge in [-0.3, -0.25) is 0 Å². The topological polar surface area (TPSA) is 55.0 Å². The van der Waals surface area contributed by atoms with Crippen molar-refractivity contribution >= 4 is 12.2 Å². The van der Waals surface area contributed by atoms with Crippen molar-refractivity contribution in [2.45, 2.75) is 6.18 Å². The first-order valence-electron chi connectivity index (χ1n) is 5.89. The number of rotatable bonds is 3. The van der Waals surface area contributed by atoms with Gasteiger partial charge in [-0.25, -0.2) is 4.79 Å². The summed E-state index contributed by atoms with van der Waals surface area (Å²) in [6.45, 7) is 0. The van der Waals surface area contributed by atoms with Gasteiger partial charge in [-0.1, -0.05) is 18.2 Å². The van der Waals surface area contributed by atoms with E-state index in [9.17, 15) is 18.0 Å². The SMILES string of the molecule is COc1ccc(C=Cc2cc(C(F)(F)F)[nH]c(=O)n2)cc1. The van der Waals surface area contributed by atoms with Gasteiger partial charge in [0.2, 0.25) is 0 Å². The molecule has 7 heteroatoms. The molecule has 0 spiro atoms. The largest absolute Gasteiger partial charge is 0.497 e. The van der Waals surface area contributed by atoms with Gasteiger partial charge in [0.05, 0.1) is 12.8 Å². The van der Waals surface area contributed by atoms with Crippen LogP contribution in [0.1, 0.15) is 17.0 Å². The van der Waals surface area contributed by atoms with E-state index in [-0.39, 0.29) is 5.69 Å². The first-order valence-corrected chi connectivity index (χ1v) is 5.89. The second-order valence-corrected chi connectivity index (χ2v) is 4.13. The number of hydrogen-bond acceptors (Lipinski definition) is 3. The molecule has 0 radical (unpaired) electrons. The van der Waals surface area contributed by atoms with Crippen molar-refractivity contribution in [2.24, 2.45) is 0 Å². The Balaban J connectivity index is 2.28. The molecule has 0 fully saturated rings. The molecule has 0 saturated carbocycles. The molecule has 1 aromatic heterocycles. The molecule has 21 heavy (non-hydrogen) atoms. The molecule has 1 heterocycles. The number of alkyl halides is 3. The molecular weight excluding hydrogens is 285 g/mol. The summed E-state index contributed by atoms with van der Waals surface area (Å²) in [5.41, 5.74) is -1.50. The molecule has 0 unspecified atom stereocenters. The Labute approximate surface area is 117 Å². The number of aromatic nitrogens is 2. The van der Waals surface area contributed by atoms with E-state index in [0.717, 1.165) is 11.6 Å². The molecular formula is C14H11F3N2O2. The third-order valence-electron chi connectivity index (χ3n) is 2.63. The number of H-pyrrole nitrogens is 1. The zero-order valence-electron chi connectivity index (χ0n) is 10.9. The molecule has 0 aliphatic rings. The van der Waals surface area contributed by atoms with Crippen molar-refractivity contribution in [1.82, 2.24) is 9.97 Å². The third kappa shape index (κ3) is 3.95. The van der Waals surface area contributed by atoms with Crippen LogP contribution in [0.4, 0.5) is 13.2 Å². The van der Waals surface area contributed by atoms with Gasteiger partial charge in [-0.15, -0.1) is 0 Å². The molecule has 4 nitrogen and oxygen atoms in total. The van der Waals surface area contributed by atoms with Crippen LogP contribution >= 0.6 is 0 Å². The highest BCUT2D eigenvalue weighted by molar-refractivity contribution is 5.68. The Morgan fingerprint density at radius 2 is 1.86 bits per heavy atom. The number of hydrogen-bond donors (Lipinski definition) is 1.